The molecule has 0 aliphatic carbocycles. The van der Waals surface area contributed by atoms with E-state index in [0.29, 0.717) is 13.2 Å². The molecule has 23 heavy (non-hydrogen) atoms. The SMILES string of the molecule is COCCOC(=NC(=O)c1ccccc1F)N1CC[NH+](C)CC1. The smallest absolute Gasteiger partial charge is 0.296 e. The molecule has 1 aliphatic heterocycles. The number of ether oxygens (including phenoxy) is 2. The van der Waals surface area contributed by atoms with Crippen LogP contribution in [0, 0.1) is 5.82 Å². The van der Waals surface area contributed by atoms with Gasteiger partial charge >= 0.3 is 0 Å². The van der Waals surface area contributed by atoms with Gasteiger partial charge in [0.15, 0.2) is 0 Å². The lowest BCUT2D eigenvalue weighted by atomic mass is 10.2. The second-order valence-corrected chi connectivity index (χ2v) is 5.46. The van der Waals surface area contributed by atoms with E-state index < -0.39 is 11.7 Å². The normalized spacial score (nSPS) is 16.5. The Morgan fingerprint density at radius 3 is 2.65 bits per heavy atom. The van der Waals surface area contributed by atoms with Crippen LogP contribution >= 0.6 is 0 Å². The van der Waals surface area contributed by atoms with Crippen LogP contribution in [0.2, 0.25) is 0 Å². The summed E-state index contributed by atoms with van der Waals surface area (Å²) in [7, 11) is 3.69. The zero-order valence-corrected chi connectivity index (χ0v) is 13.5. The average Bonchev–Trinajstić information content (AvgIpc) is 2.55. The number of hydrogen-bond acceptors (Lipinski definition) is 3. The molecule has 0 aromatic heterocycles. The zero-order valence-electron chi connectivity index (χ0n) is 13.5. The van der Waals surface area contributed by atoms with E-state index in [1.807, 2.05) is 4.90 Å². The second-order valence-electron chi connectivity index (χ2n) is 5.46. The number of carbonyl (C=O) groups excluding carboxylic acids is 1. The van der Waals surface area contributed by atoms with Gasteiger partial charge in [-0.2, -0.15) is 4.99 Å². The molecule has 1 amide bonds. The summed E-state index contributed by atoms with van der Waals surface area (Å²) in [6, 6.07) is 6.05. The van der Waals surface area contributed by atoms with Gasteiger partial charge in [0.05, 0.1) is 45.4 Å². The van der Waals surface area contributed by atoms with Gasteiger partial charge in [-0.3, -0.25) is 4.79 Å². The first-order valence-corrected chi connectivity index (χ1v) is 7.67. The van der Waals surface area contributed by atoms with E-state index >= 15 is 0 Å². The van der Waals surface area contributed by atoms with Crippen LogP contribution < -0.4 is 4.90 Å². The van der Waals surface area contributed by atoms with Crippen LogP contribution in [0.5, 0.6) is 0 Å². The summed E-state index contributed by atoms with van der Waals surface area (Å²) in [5.74, 6) is -1.22. The number of halogens is 1. The summed E-state index contributed by atoms with van der Waals surface area (Å²) in [5, 5.41) is 0. The largest absolute Gasteiger partial charge is 0.462 e. The molecule has 2 rings (SSSR count). The third-order valence-corrected chi connectivity index (χ3v) is 3.71. The van der Waals surface area contributed by atoms with Crippen molar-refractivity contribution < 1.29 is 23.6 Å². The van der Waals surface area contributed by atoms with Crippen LogP contribution in [0.25, 0.3) is 0 Å². The van der Waals surface area contributed by atoms with Crippen LogP contribution in [0.4, 0.5) is 4.39 Å². The van der Waals surface area contributed by atoms with E-state index in [4.69, 9.17) is 9.47 Å². The Morgan fingerprint density at radius 1 is 1.30 bits per heavy atom. The number of quaternary nitrogens is 1. The van der Waals surface area contributed by atoms with Crippen molar-refractivity contribution in [2.24, 2.45) is 4.99 Å². The minimum Gasteiger partial charge on any atom is -0.462 e. The highest BCUT2D eigenvalue weighted by molar-refractivity contribution is 6.01. The van der Waals surface area contributed by atoms with Crippen LogP contribution in [-0.4, -0.2) is 70.4 Å². The van der Waals surface area contributed by atoms with Gasteiger partial charge < -0.3 is 19.3 Å². The third-order valence-electron chi connectivity index (χ3n) is 3.71. The molecule has 1 saturated heterocycles. The molecule has 6 nitrogen and oxygen atoms in total. The first-order valence-electron chi connectivity index (χ1n) is 7.67. The molecule has 1 aromatic rings. The summed E-state index contributed by atoms with van der Waals surface area (Å²) < 4.78 is 24.3. The number of piperazine rings is 1. The fourth-order valence-electron chi connectivity index (χ4n) is 2.27. The molecule has 0 spiro atoms. The Hall–Kier alpha value is -1.99. The number of aliphatic imine (C=N–C) groups is 1. The van der Waals surface area contributed by atoms with Crippen molar-refractivity contribution in [1.29, 1.82) is 0 Å². The average molecular weight is 324 g/mol. The summed E-state index contributed by atoms with van der Waals surface area (Å²) in [5.41, 5.74) is -0.0555. The Balaban J connectivity index is 2.14. The lowest BCUT2D eigenvalue weighted by Crippen LogP contribution is -3.12. The third kappa shape index (κ3) is 5.01. The van der Waals surface area contributed by atoms with Crippen molar-refractivity contribution in [3.63, 3.8) is 0 Å². The van der Waals surface area contributed by atoms with E-state index in [2.05, 4.69) is 12.0 Å². The summed E-state index contributed by atoms with van der Waals surface area (Å²) in [6.45, 7) is 4.02. The number of benzene rings is 1. The maximum absolute atomic E-state index is 13.7. The predicted octanol–water partition coefficient (Wildman–Crippen LogP) is -0.185. The molecule has 1 aromatic carbocycles. The van der Waals surface area contributed by atoms with Crippen LogP contribution in [0.15, 0.2) is 29.3 Å². The van der Waals surface area contributed by atoms with E-state index in [-0.39, 0.29) is 11.6 Å². The number of amides is 1. The number of carbonyl (C=O) groups is 1. The van der Waals surface area contributed by atoms with E-state index in [1.165, 1.54) is 23.1 Å². The highest BCUT2D eigenvalue weighted by atomic mass is 19.1. The Morgan fingerprint density at radius 2 is 2.00 bits per heavy atom. The lowest BCUT2D eigenvalue weighted by Gasteiger charge is -2.31. The molecule has 0 saturated carbocycles. The number of rotatable bonds is 4. The number of likely N-dealkylation sites (N-methyl/N-ethyl adjacent to an activating group) is 1. The Bertz CT molecular complexity index is 557. The molecule has 1 aliphatic rings. The van der Waals surface area contributed by atoms with Gasteiger partial charge in [-0.05, 0) is 12.1 Å². The maximum Gasteiger partial charge on any atom is 0.296 e. The number of hydrogen-bond donors (Lipinski definition) is 1. The van der Waals surface area contributed by atoms with Gasteiger partial charge in [-0.15, -0.1) is 0 Å². The first-order chi connectivity index (χ1) is 11.1. The molecule has 1 fully saturated rings. The van der Waals surface area contributed by atoms with Gasteiger partial charge in [-0.25, -0.2) is 4.39 Å². The molecule has 1 N–H and O–H groups in total. The molecule has 0 radical (unpaired) electrons. The van der Waals surface area contributed by atoms with Gasteiger partial charge in [0.25, 0.3) is 11.9 Å². The van der Waals surface area contributed by atoms with Crippen molar-refractivity contribution in [3.05, 3.63) is 35.6 Å². The van der Waals surface area contributed by atoms with E-state index in [9.17, 15) is 9.18 Å². The van der Waals surface area contributed by atoms with Crippen molar-refractivity contribution in [2.75, 3.05) is 53.6 Å². The monoisotopic (exact) mass is 324 g/mol. The van der Waals surface area contributed by atoms with Gasteiger partial charge in [-0.1, -0.05) is 12.1 Å². The lowest BCUT2D eigenvalue weighted by molar-refractivity contribution is -0.883. The highest BCUT2D eigenvalue weighted by Crippen LogP contribution is 2.09. The van der Waals surface area contributed by atoms with E-state index in [1.54, 1.807) is 13.2 Å². The fraction of sp³-hybridized carbons (Fsp3) is 0.500. The topological polar surface area (TPSA) is 55.6 Å². The highest BCUT2D eigenvalue weighted by Gasteiger charge is 2.23. The van der Waals surface area contributed by atoms with Crippen LogP contribution in [0.3, 0.4) is 0 Å². The van der Waals surface area contributed by atoms with Gasteiger partial charge in [0.1, 0.15) is 12.4 Å². The van der Waals surface area contributed by atoms with Gasteiger partial charge in [0, 0.05) is 7.11 Å². The fourth-order valence-corrected chi connectivity index (χ4v) is 2.27. The minimum atomic E-state index is -0.637. The minimum absolute atomic E-state index is 0.0555. The van der Waals surface area contributed by atoms with Crippen molar-refractivity contribution >= 4 is 11.9 Å². The van der Waals surface area contributed by atoms with Crippen molar-refractivity contribution in [2.45, 2.75) is 0 Å². The molecule has 0 unspecified atom stereocenters. The molecule has 0 atom stereocenters. The van der Waals surface area contributed by atoms with Crippen LogP contribution in [0.1, 0.15) is 10.4 Å². The first kappa shape index (κ1) is 17.4. The number of nitrogens with zero attached hydrogens (tertiary/aromatic N) is 2. The molecule has 126 valence electrons. The standard InChI is InChI=1S/C16H22FN3O3/c1-19-7-9-20(10-8-19)16(23-12-11-22-2)18-15(21)13-5-3-4-6-14(13)17/h3-6H,7-12H2,1-2H3/p+1. The number of amidine groups is 1. The Kier molecular flexibility index (Phi) is 6.49. The second kappa shape index (κ2) is 8.59. The molecule has 1 heterocycles. The van der Waals surface area contributed by atoms with Crippen LogP contribution in [-0.2, 0) is 9.47 Å². The van der Waals surface area contributed by atoms with Gasteiger partial charge in [0.2, 0.25) is 0 Å². The Labute approximate surface area is 135 Å². The molecule has 7 heteroatoms. The van der Waals surface area contributed by atoms with Crippen molar-refractivity contribution in [3.8, 4) is 0 Å². The number of methoxy groups -OCH3 is 1. The quantitative estimate of drug-likeness (QED) is 0.474. The molecular formula is C16H23FN3O3+. The maximum atomic E-state index is 13.7. The number of nitrogens with one attached hydrogen (secondary N) is 1. The van der Waals surface area contributed by atoms with Crippen molar-refractivity contribution in [1.82, 2.24) is 4.90 Å². The summed E-state index contributed by atoms with van der Waals surface area (Å²) in [4.78, 5) is 19.6. The molecular weight excluding hydrogens is 301 g/mol. The molecule has 0 bridgehead atoms. The zero-order chi connectivity index (χ0) is 16.7. The van der Waals surface area contributed by atoms with E-state index in [0.717, 1.165) is 26.2 Å². The predicted molar refractivity (Wildman–Crippen MR) is 84.2 cm³/mol. The summed E-state index contributed by atoms with van der Waals surface area (Å²) in [6.07, 6.45) is 0. The summed E-state index contributed by atoms with van der Waals surface area (Å²) >= 11 is 0.